The van der Waals surface area contributed by atoms with E-state index < -0.39 is 0 Å². The van der Waals surface area contributed by atoms with Gasteiger partial charge in [-0.25, -0.2) is 4.98 Å². The summed E-state index contributed by atoms with van der Waals surface area (Å²) >= 11 is 0. The van der Waals surface area contributed by atoms with Crippen LogP contribution in [0, 0.1) is 17.8 Å². The van der Waals surface area contributed by atoms with Gasteiger partial charge in [0.1, 0.15) is 5.82 Å². The van der Waals surface area contributed by atoms with Crippen molar-refractivity contribution in [3.05, 3.63) is 11.8 Å². The zero-order valence-electron chi connectivity index (χ0n) is 17.3. The quantitative estimate of drug-likeness (QED) is 0.351. The Balaban J connectivity index is 2.59. The number of hydrogen-bond donors (Lipinski definition) is 4. The third-order valence-corrected chi connectivity index (χ3v) is 3.83. The molecule has 0 aliphatic heterocycles. The fourth-order valence-corrected chi connectivity index (χ4v) is 2.06. The molecule has 7 heteroatoms. The van der Waals surface area contributed by atoms with Crippen molar-refractivity contribution in [3.63, 3.8) is 0 Å². The molecule has 0 saturated carbocycles. The lowest BCUT2D eigenvalue weighted by molar-refractivity contribution is -0.122. The number of anilines is 2. The number of likely N-dealkylation sites (N-methyl/N-ethyl adjacent to an activating group) is 1. The van der Waals surface area contributed by atoms with Crippen LogP contribution in [0.25, 0.3) is 0 Å². The van der Waals surface area contributed by atoms with Gasteiger partial charge in [0.25, 0.3) is 0 Å². The van der Waals surface area contributed by atoms with Crippen LogP contribution in [-0.4, -0.2) is 48.6 Å². The summed E-state index contributed by atoms with van der Waals surface area (Å²) < 4.78 is 0. The lowest BCUT2D eigenvalue weighted by Crippen LogP contribution is -2.40. The molecule has 1 aromatic rings. The normalized spacial score (nSPS) is 11.5. The van der Waals surface area contributed by atoms with Crippen LogP contribution in [0.4, 0.5) is 11.8 Å². The summed E-state index contributed by atoms with van der Waals surface area (Å²) in [6.07, 6.45) is 4.28. The zero-order valence-corrected chi connectivity index (χ0v) is 17.3. The second kappa shape index (κ2) is 12.9. The van der Waals surface area contributed by atoms with Gasteiger partial charge in [0.15, 0.2) is 0 Å². The first-order valence-corrected chi connectivity index (χ1v) is 9.76. The van der Waals surface area contributed by atoms with Crippen molar-refractivity contribution in [1.29, 1.82) is 0 Å². The highest BCUT2D eigenvalue weighted by atomic mass is 16.2. The van der Waals surface area contributed by atoms with Crippen LogP contribution in [0.1, 0.15) is 52.5 Å². The SMILES string of the molecule is CCCNc1nc(NCC(C)C)ncc1C#CCCCNC(=O)[C@H](C)NC. The number of amides is 1. The van der Waals surface area contributed by atoms with Gasteiger partial charge in [-0.1, -0.05) is 32.6 Å². The number of carbonyl (C=O) groups is 1. The highest BCUT2D eigenvalue weighted by Crippen LogP contribution is 2.13. The molecule has 1 atom stereocenters. The van der Waals surface area contributed by atoms with Gasteiger partial charge in [0.05, 0.1) is 17.8 Å². The van der Waals surface area contributed by atoms with E-state index in [0.29, 0.717) is 24.8 Å². The highest BCUT2D eigenvalue weighted by molar-refractivity contribution is 5.81. The smallest absolute Gasteiger partial charge is 0.236 e. The predicted octanol–water partition coefficient (Wildman–Crippen LogP) is 2.22. The van der Waals surface area contributed by atoms with Crippen molar-refractivity contribution in [1.82, 2.24) is 20.6 Å². The summed E-state index contributed by atoms with van der Waals surface area (Å²) in [5.41, 5.74) is 0.798. The van der Waals surface area contributed by atoms with Crippen LogP contribution in [0.15, 0.2) is 6.20 Å². The molecule has 1 rings (SSSR count). The van der Waals surface area contributed by atoms with Gasteiger partial charge in [-0.2, -0.15) is 4.98 Å². The van der Waals surface area contributed by atoms with Gasteiger partial charge in [0, 0.05) is 26.1 Å². The van der Waals surface area contributed by atoms with Gasteiger partial charge in [-0.3, -0.25) is 4.79 Å². The number of rotatable bonds is 11. The number of carbonyl (C=O) groups excluding carboxylic acids is 1. The van der Waals surface area contributed by atoms with Gasteiger partial charge >= 0.3 is 0 Å². The predicted molar refractivity (Wildman–Crippen MR) is 112 cm³/mol. The van der Waals surface area contributed by atoms with Crippen LogP contribution in [-0.2, 0) is 4.79 Å². The number of nitrogens with one attached hydrogen (secondary N) is 4. The summed E-state index contributed by atoms with van der Waals surface area (Å²) in [6.45, 7) is 10.5. The standard InChI is InChI=1S/C20H34N6O/c1-6-11-22-18-17(14-25-20(26-18)24-13-15(2)3)10-8-7-9-12-23-19(27)16(4)21-5/h14-16,21H,6-7,9,11-13H2,1-5H3,(H,23,27)(H2,22,24,25,26)/t16-/m0/s1. The lowest BCUT2D eigenvalue weighted by atomic mass is 10.2. The number of unbranched alkanes of at least 4 members (excludes halogenated alkanes) is 1. The Morgan fingerprint density at radius 2 is 2.00 bits per heavy atom. The molecular weight excluding hydrogens is 340 g/mol. The molecule has 1 aromatic heterocycles. The minimum Gasteiger partial charge on any atom is -0.369 e. The van der Waals surface area contributed by atoms with E-state index >= 15 is 0 Å². The monoisotopic (exact) mass is 374 g/mol. The Kier molecular flexibility index (Phi) is 10.9. The summed E-state index contributed by atoms with van der Waals surface area (Å²) in [4.78, 5) is 20.6. The molecular formula is C20H34N6O. The first kappa shape index (κ1) is 22.7. The van der Waals surface area contributed by atoms with E-state index in [9.17, 15) is 4.79 Å². The molecule has 1 amide bonds. The first-order valence-electron chi connectivity index (χ1n) is 9.76. The molecule has 0 spiro atoms. The molecule has 7 nitrogen and oxygen atoms in total. The minimum atomic E-state index is -0.178. The second-order valence-corrected chi connectivity index (χ2v) is 6.86. The lowest BCUT2D eigenvalue weighted by Gasteiger charge is -2.11. The fourth-order valence-electron chi connectivity index (χ4n) is 2.06. The Morgan fingerprint density at radius 3 is 2.67 bits per heavy atom. The van der Waals surface area contributed by atoms with Crippen LogP contribution in [0.2, 0.25) is 0 Å². The third-order valence-electron chi connectivity index (χ3n) is 3.83. The minimum absolute atomic E-state index is 0.00870. The van der Waals surface area contributed by atoms with E-state index in [4.69, 9.17) is 0 Å². The van der Waals surface area contributed by atoms with E-state index in [1.807, 2.05) is 6.92 Å². The van der Waals surface area contributed by atoms with Crippen LogP contribution in [0.5, 0.6) is 0 Å². The molecule has 4 N–H and O–H groups in total. The van der Waals surface area contributed by atoms with E-state index in [0.717, 1.165) is 37.3 Å². The van der Waals surface area contributed by atoms with E-state index in [1.54, 1.807) is 13.2 Å². The van der Waals surface area contributed by atoms with Gasteiger partial charge in [0.2, 0.25) is 11.9 Å². The Labute approximate surface area is 163 Å². The molecule has 0 aromatic carbocycles. The second-order valence-electron chi connectivity index (χ2n) is 6.86. The molecule has 27 heavy (non-hydrogen) atoms. The van der Waals surface area contributed by atoms with Crippen molar-refractivity contribution < 1.29 is 4.79 Å². The third kappa shape index (κ3) is 9.25. The fraction of sp³-hybridized carbons (Fsp3) is 0.650. The number of nitrogens with zero attached hydrogens (tertiary/aromatic N) is 2. The maximum atomic E-state index is 11.7. The van der Waals surface area contributed by atoms with Crippen molar-refractivity contribution in [2.75, 3.05) is 37.3 Å². The highest BCUT2D eigenvalue weighted by Gasteiger charge is 2.08. The molecule has 0 saturated heterocycles. The molecule has 0 aliphatic carbocycles. The summed E-state index contributed by atoms with van der Waals surface area (Å²) in [6, 6.07) is -0.178. The van der Waals surface area contributed by atoms with Crippen molar-refractivity contribution >= 4 is 17.7 Å². The largest absolute Gasteiger partial charge is 0.369 e. The zero-order chi connectivity index (χ0) is 20.1. The summed E-state index contributed by atoms with van der Waals surface area (Å²) in [5.74, 6) is 8.21. The topological polar surface area (TPSA) is 91.0 Å². The van der Waals surface area contributed by atoms with Crippen molar-refractivity contribution in [3.8, 4) is 11.8 Å². The van der Waals surface area contributed by atoms with Gasteiger partial charge < -0.3 is 21.3 Å². The van der Waals surface area contributed by atoms with Crippen molar-refractivity contribution in [2.24, 2.45) is 5.92 Å². The van der Waals surface area contributed by atoms with Crippen molar-refractivity contribution in [2.45, 2.75) is 53.0 Å². The Bertz CT molecular complexity index is 635. The number of aromatic nitrogens is 2. The maximum Gasteiger partial charge on any atom is 0.236 e. The molecule has 1 heterocycles. The average Bonchev–Trinajstić information content (AvgIpc) is 2.67. The molecule has 0 radical (unpaired) electrons. The van der Waals surface area contributed by atoms with E-state index in [-0.39, 0.29) is 11.9 Å². The molecule has 0 fully saturated rings. The van der Waals surface area contributed by atoms with Crippen LogP contribution >= 0.6 is 0 Å². The Hall–Kier alpha value is -2.33. The first-order chi connectivity index (χ1) is 13.0. The van der Waals surface area contributed by atoms with Crippen LogP contribution < -0.4 is 21.3 Å². The Morgan fingerprint density at radius 1 is 1.22 bits per heavy atom. The summed E-state index contributed by atoms with van der Waals surface area (Å²) in [7, 11) is 1.77. The molecule has 0 bridgehead atoms. The van der Waals surface area contributed by atoms with Gasteiger partial charge in [-0.15, -0.1) is 0 Å². The van der Waals surface area contributed by atoms with E-state index in [2.05, 4.69) is 63.8 Å². The van der Waals surface area contributed by atoms with E-state index in [1.165, 1.54) is 0 Å². The molecule has 0 aliphatic rings. The average molecular weight is 375 g/mol. The number of hydrogen-bond acceptors (Lipinski definition) is 6. The molecule has 0 unspecified atom stereocenters. The van der Waals surface area contributed by atoms with Gasteiger partial charge in [-0.05, 0) is 32.7 Å². The maximum absolute atomic E-state index is 11.7. The molecule has 150 valence electrons. The van der Waals surface area contributed by atoms with Crippen LogP contribution in [0.3, 0.4) is 0 Å². The summed E-state index contributed by atoms with van der Waals surface area (Å²) in [5, 5.41) is 12.4.